The van der Waals surface area contributed by atoms with Crippen LogP contribution in [0.1, 0.15) is 31.9 Å². The largest absolute Gasteiger partial charge is 0.0622 e. The third kappa shape index (κ3) is 3.06. The van der Waals surface area contributed by atoms with Gasteiger partial charge in [0.25, 0.3) is 0 Å². The second-order valence-corrected chi connectivity index (χ2v) is 8.28. The van der Waals surface area contributed by atoms with Crippen molar-refractivity contribution in [3.8, 4) is 22.3 Å². The van der Waals surface area contributed by atoms with Crippen LogP contribution in [0, 0.1) is 6.92 Å². The minimum absolute atomic E-state index is 0.0464. The van der Waals surface area contributed by atoms with Crippen molar-refractivity contribution < 1.29 is 0 Å². The Morgan fingerprint density at radius 1 is 0.519 bits per heavy atom. The van der Waals surface area contributed by atoms with E-state index in [2.05, 4.69) is 113 Å². The van der Waals surface area contributed by atoms with Gasteiger partial charge in [0.1, 0.15) is 0 Å². The molecule has 0 aliphatic carbocycles. The standard InChI is InChI=1S/C27H26/c1-19-24(20-13-7-5-8-14-20)22-17-11-12-18-23(22)26(27(2,3)4)25(19)21-15-9-6-10-16-21/h5-18H,1-4H3. The van der Waals surface area contributed by atoms with E-state index in [9.17, 15) is 0 Å². The van der Waals surface area contributed by atoms with Crippen molar-refractivity contribution in [2.75, 3.05) is 0 Å². The lowest BCUT2D eigenvalue weighted by molar-refractivity contribution is 0.597. The summed E-state index contributed by atoms with van der Waals surface area (Å²) in [5.41, 5.74) is 8.13. The summed E-state index contributed by atoms with van der Waals surface area (Å²) in [6.07, 6.45) is 0. The highest BCUT2D eigenvalue weighted by molar-refractivity contribution is 6.05. The number of fused-ring (bicyclic) bond motifs is 1. The molecule has 0 heterocycles. The Morgan fingerprint density at radius 3 is 1.48 bits per heavy atom. The lowest BCUT2D eigenvalue weighted by Gasteiger charge is -2.29. The summed E-state index contributed by atoms with van der Waals surface area (Å²) in [5.74, 6) is 0. The molecule has 0 nitrogen and oxygen atoms in total. The van der Waals surface area contributed by atoms with E-state index < -0.39 is 0 Å². The molecule has 27 heavy (non-hydrogen) atoms. The number of rotatable bonds is 2. The topological polar surface area (TPSA) is 0 Å². The van der Waals surface area contributed by atoms with Gasteiger partial charge in [-0.15, -0.1) is 0 Å². The minimum atomic E-state index is 0.0464. The molecule has 0 N–H and O–H groups in total. The van der Waals surface area contributed by atoms with E-state index in [0.717, 1.165) is 0 Å². The van der Waals surface area contributed by atoms with Crippen molar-refractivity contribution in [3.05, 3.63) is 96.1 Å². The molecule has 0 radical (unpaired) electrons. The molecule has 0 aromatic heterocycles. The maximum absolute atomic E-state index is 2.32. The van der Waals surface area contributed by atoms with Crippen LogP contribution in [0.25, 0.3) is 33.0 Å². The zero-order valence-electron chi connectivity index (χ0n) is 16.6. The van der Waals surface area contributed by atoms with E-state index in [1.807, 2.05) is 0 Å². The van der Waals surface area contributed by atoms with E-state index in [1.54, 1.807) is 0 Å². The highest BCUT2D eigenvalue weighted by Crippen LogP contribution is 2.45. The number of benzene rings is 4. The summed E-state index contributed by atoms with van der Waals surface area (Å²) in [6.45, 7) is 9.25. The van der Waals surface area contributed by atoms with Crippen LogP contribution in [-0.4, -0.2) is 0 Å². The van der Waals surface area contributed by atoms with E-state index in [1.165, 1.54) is 44.2 Å². The van der Waals surface area contributed by atoms with Crippen molar-refractivity contribution in [1.29, 1.82) is 0 Å². The van der Waals surface area contributed by atoms with Gasteiger partial charge in [-0.05, 0) is 56.5 Å². The van der Waals surface area contributed by atoms with Crippen molar-refractivity contribution in [2.45, 2.75) is 33.1 Å². The van der Waals surface area contributed by atoms with Crippen LogP contribution >= 0.6 is 0 Å². The molecule has 0 bridgehead atoms. The molecule has 4 rings (SSSR count). The molecule has 0 amide bonds. The zero-order chi connectivity index (χ0) is 19.0. The highest BCUT2D eigenvalue weighted by atomic mass is 14.3. The van der Waals surface area contributed by atoms with E-state index in [4.69, 9.17) is 0 Å². The van der Waals surface area contributed by atoms with Crippen LogP contribution in [0.3, 0.4) is 0 Å². The van der Waals surface area contributed by atoms with Crippen molar-refractivity contribution >= 4 is 10.8 Å². The van der Waals surface area contributed by atoms with Gasteiger partial charge in [-0.2, -0.15) is 0 Å². The molecule has 0 atom stereocenters. The average molecular weight is 351 g/mol. The van der Waals surface area contributed by atoms with Crippen LogP contribution < -0.4 is 0 Å². The Kier molecular flexibility index (Phi) is 4.36. The fraction of sp³-hybridized carbons (Fsp3) is 0.185. The Balaban J connectivity index is 2.23. The van der Waals surface area contributed by atoms with Crippen LogP contribution in [0.4, 0.5) is 0 Å². The van der Waals surface area contributed by atoms with E-state index >= 15 is 0 Å². The van der Waals surface area contributed by atoms with Crippen LogP contribution in [0.15, 0.2) is 84.9 Å². The summed E-state index contributed by atoms with van der Waals surface area (Å²) in [5, 5.41) is 2.69. The third-order valence-electron chi connectivity index (χ3n) is 5.34. The van der Waals surface area contributed by atoms with Gasteiger partial charge in [0.15, 0.2) is 0 Å². The number of hydrogen-bond acceptors (Lipinski definition) is 0. The molecule has 0 saturated heterocycles. The molecular weight excluding hydrogens is 324 g/mol. The highest BCUT2D eigenvalue weighted by Gasteiger charge is 2.26. The Bertz CT molecular complexity index is 1080. The van der Waals surface area contributed by atoms with Gasteiger partial charge < -0.3 is 0 Å². The third-order valence-corrected chi connectivity index (χ3v) is 5.34. The summed E-state index contributed by atoms with van der Waals surface area (Å²) < 4.78 is 0. The fourth-order valence-electron chi connectivity index (χ4n) is 4.29. The fourth-order valence-corrected chi connectivity index (χ4v) is 4.29. The second kappa shape index (κ2) is 6.70. The second-order valence-electron chi connectivity index (χ2n) is 8.28. The minimum Gasteiger partial charge on any atom is -0.0622 e. The van der Waals surface area contributed by atoms with Gasteiger partial charge in [-0.25, -0.2) is 0 Å². The average Bonchev–Trinajstić information content (AvgIpc) is 2.67. The predicted octanol–water partition coefficient (Wildman–Crippen LogP) is 7.78. The smallest absolute Gasteiger partial charge is 0.00697 e. The first-order valence-electron chi connectivity index (χ1n) is 9.65. The van der Waals surface area contributed by atoms with Gasteiger partial charge in [0, 0.05) is 0 Å². The molecule has 0 spiro atoms. The Labute approximate surface area is 162 Å². The van der Waals surface area contributed by atoms with E-state index in [0.29, 0.717) is 0 Å². The van der Waals surface area contributed by atoms with Gasteiger partial charge >= 0.3 is 0 Å². The summed E-state index contributed by atoms with van der Waals surface area (Å²) in [4.78, 5) is 0. The molecule has 4 aromatic rings. The van der Waals surface area contributed by atoms with Gasteiger partial charge in [0.05, 0.1) is 0 Å². The SMILES string of the molecule is Cc1c(-c2ccccc2)c(C(C)(C)C)c2ccccc2c1-c1ccccc1. The molecular formula is C27H26. The van der Waals surface area contributed by atoms with Gasteiger partial charge in [-0.1, -0.05) is 106 Å². The molecule has 4 aromatic carbocycles. The molecule has 0 saturated carbocycles. The van der Waals surface area contributed by atoms with Crippen LogP contribution in [0.5, 0.6) is 0 Å². The molecule has 0 heteroatoms. The van der Waals surface area contributed by atoms with Crippen LogP contribution in [0.2, 0.25) is 0 Å². The predicted molar refractivity (Wildman–Crippen MR) is 118 cm³/mol. The van der Waals surface area contributed by atoms with Crippen molar-refractivity contribution in [1.82, 2.24) is 0 Å². The molecule has 0 fully saturated rings. The molecule has 0 aliphatic rings. The first-order chi connectivity index (χ1) is 13.0. The summed E-state index contributed by atoms with van der Waals surface area (Å²) >= 11 is 0. The Hall–Kier alpha value is -2.86. The molecule has 134 valence electrons. The van der Waals surface area contributed by atoms with Crippen molar-refractivity contribution in [3.63, 3.8) is 0 Å². The lowest BCUT2D eigenvalue weighted by atomic mass is 9.75. The molecule has 0 aliphatic heterocycles. The molecule has 0 unspecified atom stereocenters. The number of hydrogen-bond donors (Lipinski definition) is 0. The lowest BCUT2D eigenvalue weighted by Crippen LogP contribution is -2.15. The maximum atomic E-state index is 2.32. The maximum Gasteiger partial charge on any atom is -0.00697 e. The first kappa shape index (κ1) is 17.5. The zero-order valence-corrected chi connectivity index (χ0v) is 16.6. The first-order valence-corrected chi connectivity index (χ1v) is 9.65. The summed E-state index contributed by atoms with van der Waals surface area (Å²) in [6, 6.07) is 30.5. The van der Waals surface area contributed by atoms with Crippen molar-refractivity contribution in [2.24, 2.45) is 0 Å². The van der Waals surface area contributed by atoms with Gasteiger partial charge in [-0.3, -0.25) is 0 Å². The quantitative estimate of drug-likeness (QED) is 0.346. The van der Waals surface area contributed by atoms with E-state index in [-0.39, 0.29) is 5.41 Å². The summed E-state index contributed by atoms with van der Waals surface area (Å²) in [7, 11) is 0. The normalized spacial score (nSPS) is 11.7. The Morgan fingerprint density at radius 2 is 0.963 bits per heavy atom. The van der Waals surface area contributed by atoms with Gasteiger partial charge in [0.2, 0.25) is 0 Å². The monoisotopic (exact) mass is 350 g/mol. The van der Waals surface area contributed by atoms with Crippen LogP contribution in [-0.2, 0) is 5.41 Å².